The SMILES string of the molecule is CNC(c1ccccc1I)c1cc(Br)c(F)cc1OC. The first kappa shape index (κ1) is 15.7. The Labute approximate surface area is 140 Å². The highest BCUT2D eigenvalue weighted by Gasteiger charge is 2.20. The van der Waals surface area contributed by atoms with E-state index in [0.29, 0.717) is 10.2 Å². The molecule has 0 amide bonds. The van der Waals surface area contributed by atoms with Crippen LogP contribution in [0.5, 0.6) is 5.75 Å². The fraction of sp³-hybridized carbons (Fsp3) is 0.200. The number of hydrogen-bond acceptors (Lipinski definition) is 2. The predicted molar refractivity (Wildman–Crippen MR) is 90.7 cm³/mol. The van der Waals surface area contributed by atoms with Crippen molar-refractivity contribution in [1.82, 2.24) is 5.32 Å². The number of ether oxygens (including phenoxy) is 1. The average Bonchev–Trinajstić information content (AvgIpc) is 2.45. The summed E-state index contributed by atoms with van der Waals surface area (Å²) in [4.78, 5) is 0. The van der Waals surface area contributed by atoms with Crippen LogP contribution in [0.25, 0.3) is 0 Å². The first-order chi connectivity index (χ1) is 9.58. The van der Waals surface area contributed by atoms with Gasteiger partial charge in [-0.25, -0.2) is 4.39 Å². The molecule has 0 aliphatic carbocycles. The zero-order valence-electron chi connectivity index (χ0n) is 11.1. The molecule has 0 aromatic heterocycles. The Bertz CT molecular complexity index is 621. The van der Waals surface area contributed by atoms with E-state index in [-0.39, 0.29) is 11.9 Å². The zero-order valence-corrected chi connectivity index (χ0v) is 14.8. The summed E-state index contributed by atoms with van der Waals surface area (Å²) in [5.74, 6) is 0.202. The number of methoxy groups -OCH3 is 1. The molecule has 106 valence electrons. The molecule has 0 heterocycles. The summed E-state index contributed by atoms with van der Waals surface area (Å²) in [6.45, 7) is 0. The van der Waals surface area contributed by atoms with Crippen LogP contribution in [0.3, 0.4) is 0 Å². The summed E-state index contributed by atoms with van der Waals surface area (Å²) in [6, 6.07) is 11.2. The van der Waals surface area contributed by atoms with Crippen LogP contribution >= 0.6 is 38.5 Å². The predicted octanol–water partition coefficient (Wildman–Crippen LogP) is 4.51. The second kappa shape index (κ2) is 6.87. The first-order valence-corrected chi connectivity index (χ1v) is 7.90. The fourth-order valence-electron chi connectivity index (χ4n) is 2.13. The minimum absolute atomic E-state index is 0.0602. The number of hydrogen-bond donors (Lipinski definition) is 1. The first-order valence-electron chi connectivity index (χ1n) is 6.03. The summed E-state index contributed by atoms with van der Waals surface area (Å²) in [5.41, 5.74) is 2.03. The van der Waals surface area contributed by atoms with Crippen LogP contribution in [-0.2, 0) is 0 Å². The Morgan fingerprint density at radius 1 is 1.25 bits per heavy atom. The third kappa shape index (κ3) is 3.15. The van der Waals surface area contributed by atoms with E-state index >= 15 is 0 Å². The maximum Gasteiger partial charge on any atom is 0.141 e. The standard InChI is InChI=1S/C15H14BrFINO/c1-19-15(9-5-3-4-6-13(9)18)10-7-11(16)12(17)8-14(10)20-2/h3-8,15,19H,1-2H3. The number of benzene rings is 2. The quantitative estimate of drug-likeness (QED) is 0.693. The summed E-state index contributed by atoms with van der Waals surface area (Å²) < 4.78 is 20.5. The maximum absolute atomic E-state index is 13.6. The molecule has 2 aromatic carbocycles. The molecule has 5 heteroatoms. The van der Waals surface area contributed by atoms with Crippen molar-refractivity contribution in [1.29, 1.82) is 0 Å². The summed E-state index contributed by atoms with van der Waals surface area (Å²) in [7, 11) is 3.43. The molecular formula is C15H14BrFINO. The lowest BCUT2D eigenvalue weighted by Gasteiger charge is -2.21. The van der Waals surface area contributed by atoms with Gasteiger partial charge in [0, 0.05) is 15.2 Å². The number of nitrogens with one attached hydrogen (secondary N) is 1. The van der Waals surface area contributed by atoms with Crippen LogP contribution in [0.2, 0.25) is 0 Å². The van der Waals surface area contributed by atoms with Crippen LogP contribution in [-0.4, -0.2) is 14.2 Å². The van der Waals surface area contributed by atoms with Crippen molar-refractivity contribution >= 4 is 38.5 Å². The van der Waals surface area contributed by atoms with E-state index in [1.54, 1.807) is 13.2 Å². The van der Waals surface area contributed by atoms with Crippen LogP contribution in [0.1, 0.15) is 17.2 Å². The second-order valence-electron chi connectivity index (χ2n) is 4.25. The molecule has 2 aromatic rings. The van der Waals surface area contributed by atoms with Crippen LogP contribution < -0.4 is 10.1 Å². The van der Waals surface area contributed by atoms with Gasteiger partial charge < -0.3 is 10.1 Å². The molecule has 1 N–H and O–H groups in total. The summed E-state index contributed by atoms with van der Waals surface area (Å²) >= 11 is 5.54. The summed E-state index contributed by atoms with van der Waals surface area (Å²) in [6.07, 6.45) is 0. The van der Waals surface area contributed by atoms with Crippen molar-refractivity contribution in [2.75, 3.05) is 14.2 Å². The van der Waals surface area contributed by atoms with Crippen LogP contribution in [0, 0.1) is 9.39 Å². The lowest BCUT2D eigenvalue weighted by atomic mass is 9.98. The third-order valence-electron chi connectivity index (χ3n) is 3.09. The van der Waals surface area contributed by atoms with E-state index < -0.39 is 0 Å². The van der Waals surface area contributed by atoms with Crippen LogP contribution in [0.4, 0.5) is 4.39 Å². The molecule has 0 aliphatic heterocycles. The van der Waals surface area contributed by atoms with E-state index in [1.165, 1.54) is 6.07 Å². The highest BCUT2D eigenvalue weighted by Crippen LogP contribution is 2.35. The highest BCUT2D eigenvalue weighted by atomic mass is 127. The van der Waals surface area contributed by atoms with Gasteiger partial charge in [-0.1, -0.05) is 18.2 Å². The molecule has 1 unspecified atom stereocenters. The minimum atomic E-state index is -0.330. The van der Waals surface area contributed by atoms with Crippen molar-refractivity contribution in [2.45, 2.75) is 6.04 Å². The molecule has 0 spiro atoms. The Kier molecular flexibility index (Phi) is 5.40. The lowest BCUT2D eigenvalue weighted by Crippen LogP contribution is -2.19. The van der Waals surface area contributed by atoms with E-state index in [1.807, 2.05) is 25.2 Å². The number of halogens is 3. The Balaban J connectivity index is 2.58. The molecule has 2 nitrogen and oxygen atoms in total. The molecule has 20 heavy (non-hydrogen) atoms. The van der Waals surface area contributed by atoms with Gasteiger partial charge in [0.05, 0.1) is 17.6 Å². The van der Waals surface area contributed by atoms with Gasteiger partial charge in [0.2, 0.25) is 0 Å². The molecule has 0 fully saturated rings. The Hall–Kier alpha value is -0.660. The van der Waals surface area contributed by atoms with Gasteiger partial charge in [0.1, 0.15) is 11.6 Å². The Morgan fingerprint density at radius 3 is 2.55 bits per heavy atom. The van der Waals surface area contributed by atoms with Gasteiger partial charge in [0.15, 0.2) is 0 Å². The van der Waals surface area contributed by atoms with Gasteiger partial charge in [-0.15, -0.1) is 0 Å². The summed E-state index contributed by atoms with van der Waals surface area (Å²) in [5, 5.41) is 3.27. The van der Waals surface area contributed by atoms with Crippen LogP contribution in [0.15, 0.2) is 40.9 Å². The molecule has 2 rings (SSSR count). The zero-order chi connectivity index (χ0) is 14.7. The van der Waals surface area contributed by atoms with E-state index in [2.05, 4.69) is 49.9 Å². The Morgan fingerprint density at radius 2 is 1.95 bits per heavy atom. The molecule has 0 bridgehead atoms. The minimum Gasteiger partial charge on any atom is -0.496 e. The van der Waals surface area contributed by atoms with Gasteiger partial charge in [-0.2, -0.15) is 0 Å². The molecule has 0 saturated carbocycles. The van der Waals surface area contributed by atoms with Gasteiger partial charge >= 0.3 is 0 Å². The van der Waals surface area contributed by atoms with Crippen molar-refractivity contribution in [3.63, 3.8) is 0 Å². The van der Waals surface area contributed by atoms with Crippen molar-refractivity contribution in [2.24, 2.45) is 0 Å². The van der Waals surface area contributed by atoms with E-state index in [9.17, 15) is 4.39 Å². The van der Waals surface area contributed by atoms with Crippen molar-refractivity contribution in [3.05, 3.63) is 61.4 Å². The fourth-order valence-corrected chi connectivity index (χ4v) is 3.19. The van der Waals surface area contributed by atoms with E-state index in [4.69, 9.17) is 4.74 Å². The molecule has 0 radical (unpaired) electrons. The van der Waals surface area contributed by atoms with Crippen molar-refractivity contribution < 1.29 is 9.13 Å². The van der Waals surface area contributed by atoms with Gasteiger partial charge in [-0.05, 0) is 63.3 Å². The number of rotatable bonds is 4. The molecular weight excluding hydrogens is 436 g/mol. The molecule has 0 saturated heterocycles. The topological polar surface area (TPSA) is 21.3 Å². The monoisotopic (exact) mass is 449 g/mol. The normalized spacial score (nSPS) is 12.2. The smallest absolute Gasteiger partial charge is 0.141 e. The van der Waals surface area contributed by atoms with Crippen molar-refractivity contribution in [3.8, 4) is 5.75 Å². The van der Waals surface area contributed by atoms with E-state index in [0.717, 1.165) is 14.7 Å². The lowest BCUT2D eigenvalue weighted by molar-refractivity contribution is 0.401. The maximum atomic E-state index is 13.6. The van der Waals surface area contributed by atoms with Gasteiger partial charge in [-0.3, -0.25) is 0 Å². The molecule has 1 atom stereocenters. The highest BCUT2D eigenvalue weighted by molar-refractivity contribution is 14.1. The van der Waals surface area contributed by atoms with Gasteiger partial charge in [0.25, 0.3) is 0 Å². The largest absolute Gasteiger partial charge is 0.496 e. The molecule has 0 aliphatic rings. The third-order valence-corrected chi connectivity index (χ3v) is 4.68. The average molecular weight is 450 g/mol. The second-order valence-corrected chi connectivity index (χ2v) is 6.27.